The highest BCUT2D eigenvalue weighted by Crippen LogP contribution is 2.33. The van der Waals surface area contributed by atoms with Gasteiger partial charge in [0.2, 0.25) is 0 Å². The average molecular weight is 312 g/mol. The molecule has 0 bridgehead atoms. The Hall–Kier alpha value is -1.80. The van der Waals surface area contributed by atoms with Gasteiger partial charge in [-0.15, -0.1) is 0 Å². The lowest BCUT2D eigenvalue weighted by Gasteiger charge is -2.08. The van der Waals surface area contributed by atoms with Crippen molar-refractivity contribution in [2.24, 2.45) is 0 Å². The van der Waals surface area contributed by atoms with Crippen LogP contribution in [-0.2, 0) is 0 Å². The normalized spacial score (nSPS) is 10.2. The molecule has 0 aliphatic carbocycles. The van der Waals surface area contributed by atoms with E-state index in [2.05, 4.69) is 15.9 Å². The highest BCUT2D eigenvalue weighted by atomic mass is 79.9. The maximum Gasteiger partial charge on any atom is 0.135 e. The Labute approximate surface area is 110 Å². The van der Waals surface area contributed by atoms with Gasteiger partial charge in [-0.25, -0.2) is 13.2 Å². The maximum absolute atomic E-state index is 13.8. The summed E-state index contributed by atoms with van der Waals surface area (Å²) < 4.78 is 41.0. The van der Waals surface area contributed by atoms with Gasteiger partial charge in [0.15, 0.2) is 0 Å². The molecule has 0 spiro atoms. The summed E-state index contributed by atoms with van der Waals surface area (Å²) in [7, 11) is 0. The Morgan fingerprint density at radius 3 is 2.17 bits per heavy atom. The fraction of sp³-hybridized carbons (Fsp3) is 0. The molecule has 0 aliphatic heterocycles. The summed E-state index contributed by atoms with van der Waals surface area (Å²) >= 11 is 3.11. The summed E-state index contributed by atoms with van der Waals surface area (Å²) in [5.41, 5.74) is -0.420. The molecule has 0 radical (unpaired) electrons. The Balaban J connectivity index is 2.72. The first-order valence-corrected chi connectivity index (χ1v) is 5.67. The van der Waals surface area contributed by atoms with Crippen molar-refractivity contribution >= 4 is 15.9 Å². The maximum atomic E-state index is 13.8. The minimum atomic E-state index is -0.905. The van der Waals surface area contributed by atoms with Gasteiger partial charge in [-0.05, 0) is 30.3 Å². The van der Waals surface area contributed by atoms with Crippen LogP contribution in [0.3, 0.4) is 0 Å². The largest absolute Gasteiger partial charge is 0.207 e. The van der Waals surface area contributed by atoms with Gasteiger partial charge >= 0.3 is 0 Å². The molecule has 0 saturated carbocycles. The Bertz CT molecular complexity index is 639. The van der Waals surface area contributed by atoms with Crippen LogP contribution in [-0.4, -0.2) is 0 Å². The first kappa shape index (κ1) is 12.7. The van der Waals surface area contributed by atoms with Crippen LogP contribution in [0, 0.1) is 28.8 Å². The smallest absolute Gasteiger partial charge is 0.135 e. The highest BCUT2D eigenvalue weighted by Gasteiger charge is 2.16. The van der Waals surface area contributed by atoms with Crippen molar-refractivity contribution in [1.29, 1.82) is 5.26 Å². The van der Waals surface area contributed by atoms with Crippen LogP contribution in [0.4, 0.5) is 13.2 Å². The van der Waals surface area contributed by atoms with Crippen molar-refractivity contribution in [1.82, 2.24) is 0 Å². The number of hydrogen-bond donors (Lipinski definition) is 0. The van der Waals surface area contributed by atoms with Gasteiger partial charge < -0.3 is 0 Å². The molecule has 0 amide bonds. The van der Waals surface area contributed by atoms with E-state index >= 15 is 0 Å². The average Bonchev–Trinajstić information content (AvgIpc) is 2.32. The number of rotatable bonds is 1. The molecule has 0 fully saturated rings. The second kappa shape index (κ2) is 4.83. The van der Waals surface area contributed by atoms with Crippen LogP contribution in [0.25, 0.3) is 11.1 Å². The van der Waals surface area contributed by atoms with E-state index in [0.717, 1.165) is 18.2 Å². The summed E-state index contributed by atoms with van der Waals surface area (Å²) in [6.45, 7) is 0. The van der Waals surface area contributed by atoms with Gasteiger partial charge in [-0.3, -0.25) is 0 Å². The van der Waals surface area contributed by atoms with Gasteiger partial charge in [0.1, 0.15) is 17.5 Å². The molecular weight excluding hydrogens is 307 g/mol. The number of nitriles is 1. The van der Waals surface area contributed by atoms with Gasteiger partial charge in [0, 0.05) is 10.0 Å². The monoisotopic (exact) mass is 311 g/mol. The van der Waals surface area contributed by atoms with Crippen molar-refractivity contribution in [2.75, 3.05) is 0 Å². The molecule has 2 aromatic rings. The minimum absolute atomic E-state index is 0.0643. The Morgan fingerprint density at radius 1 is 1.00 bits per heavy atom. The van der Waals surface area contributed by atoms with Crippen molar-refractivity contribution in [3.63, 3.8) is 0 Å². The highest BCUT2D eigenvalue weighted by molar-refractivity contribution is 9.10. The second-order valence-electron chi connectivity index (χ2n) is 3.55. The molecule has 90 valence electrons. The van der Waals surface area contributed by atoms with Gasteiger partial charge in [0.05, 0.1) is 17.2 Å². The van der Waals surface area contributed by atoms with E-state index in [4.69, 9.17) is 5.26 Å². The van der Waals surface area contributed by atoms with Crippen LogP contribution in [0.15, 0.2) is 34.8 Å². The summed E-state index contributed by atoms with van der Waals surface area (Å²) in [4.78, 5) is 0. The molecule has 1 nitrogen and oxygen atoms in total. The first-order valence-electron chi connectivity index (χ1n) is 4.87. The number of benzene rings is 2. The van der Waals surface area contributed by atoms with E-state index in [1.54, 1.807) is 6.07 Å². The number of nitrogens with zero attached hydrogens (tertiary/aromatic N) is 1. The Morgan fingerprint density at radius 2 is 1.61 bits per heavy atom. The third-order valence-electron chi connectivity index (χ3n) is 2.37. The quantitative estimate of drug-likeness (QED) is 0.765. The van der Waals surface area contributed by atoms with Crippen molar-refractivity contribution in [3.05, 3.63) is 57.8 Å². The molecule has 0 heterocycles. The third kappa shape index (κ3) is 2.24. The zero-order chi connectivity index (χ0) is 13.3. The van der Waals surface area contributed by atoms with Gasteiger partial charge in [-0.2, -0.15) is 5.26 Å². The molecule has 0 aromatic heterocycles. The topological polar surface area (TPSA) is 23.8 Å². The Kier molecular flexibility index (Phi) is 3.39. The lowest BCUT2D eigenvalue weighted by atomic mass is 10.0. The molecule has 0 atom stereocenters. The predicted octanol–water partition coefficient (Wildman–Crippen LogP) is 4.41. The molecule has 0 unspecified atom stereocenters. The summed E-state index contributed by atoms with van der Waals surface area (Å²) in [5, 5.41) is 8.59. The standard InChI is InChI=1S/C13H5BrF3N/c14-10-2-1-8(15)5-9(10)13-11(16)3-7(6-18)4-12(13)17/h1-5H. The zero-order valence-electron chi connectivity index (χ0n) is 8.85. The second-order valence-corrected chi connectivity index (χ2v) is 4.41. The van der Waals surface area contributed by atoms with Crippen molar-refractivity contribution < 1.29 is 13.2 Å². The molecule has 0 N–H and O–H groups in total. The molecule has 2 rings (SSSR count). The van der Waals surface area contributed by atoms with E-state index < -0.39 is 17.5 Å². The first-order chi connectivity index (χ1) is 8.52. The van der Waals surface area contributed by atoms with Crippen LogP contribution in [0.5, 0.6) is 0 Å². The number of halogens is 4. The predicted molar refractivity (Wildman–Crippen MR) is 64.2 cm³/mol. The van der Waals surface area contributed by atoms with E-state index in [0.29, 0.717) is 4.47 Å². The van der Waals surface area contributed by atoms with E-state index in [1.807, 2.05) is 0 Å². The fourth-order valence-electron chi connectivity index (χ4n) is 1.58. The zero-order valence-corrected chi connectivity index (χ0v) is 10.4. The molecule has 0 aliphatic rings. The van der Waals surface area contributed by atoms with Gasteiger partial charge in [0.25, 0.3) is 0 Å². The molecule has 18 heavy (non-hydrogen) atoms. The van der Waals surface area contributed by atoms with E-state index in [-0.39, 0.29) is 16.7 Å². The fourth-order valence-corrected chi connectivity index (χ4v) is 2.03. The molecule has 2 aromatic carbocycles. The van der Waals surface area contributed by atoms with Crippen molar-refractivity contribution in [2.45, 2.75) is 0 Å². The minimum Gasteiger partial charge on any atom is -0.207 e. The van der Waals surface area contributed by atoms with Crippen LogP contribution in [0.1, 0.15) is 5.56 Å². The molecule has 5 heteroatoms. The van der Waals surface area contributed by atoms with Gasteiger partial charge in [-0.1, -0.05) is 15.9 Å². The van der Waals surface area contributed by atoms with Crippen LogP contribution >= 0.6 is 15.9 Å². The third-order valence-corrected chi connectivity index (χ3v) is 3.06. The number of hydrogen-bond acceptors (Lipinski definition) is 1. The summed E-state index contributed by atoms with van der Waals surface area (Å²) in [6, 6.07) is 7.03. The van der Waals surface area contributed by atoms with E-state index in [9.17, 15) is 13.2 Å². The lowest BCUT2D eigenvalue weighted by Crippen LogP contribution is -1.94. The van der Waals surface area contributed by atoms with Crippen molar-refractivity contribution in [3.8, 4) is 17.2 Å². The molecular formula is C13H5BrF3N. The summed E-state index contributed by atoms with van der Waals surface area (Å²) in [6.07, 6.45) is 0. The van der Waals surface area contributed by atoms with E-state index in [1.165, 1.54) is 12.1 Å². The van der Waals surface area contributed by atoms with Crippen LogP contribution in [0.2, 0.25) is 0 Å². The van der Waals surface area contributed by atoms with Crippen LogP contribution < -0.4 is 0 Å². The lowest BCUT2D eigenvalue weighted by molar-refractivity contribution is 0.587. The SMILES string of the molecule is N#Cc1cc(F)c(-c2cc(F)ccc2Br)c(F)c1. The summed E-state index contributed by atoms with van der Waals surface area (Å²) in [5.74, 6) is -2.41. The molecule has 0 saturated heterocycles.